The van der Waals surface area contributed by atoms with Gasteiger partial charge in [0.05, 0.1) is 12.2 Å². The predicted molar refractivity (Wildman–Crippen MR) is 79.9 cm³/mol. The standard InChI is InChI=1S/C15H22BrNO2/c16-13-3-1-2-12(8-13)15(19)10-17-9-11-4-6-14(18)7-5-11/h1-3,8,11,14-15,17-19H,4-7,9-10H2. The van der Waals surface area contributed by atoms with Crippen LogP contribution in [0.3, 0.4) is 0 Å². The lowest BCUT2D eigenvalue weighted by atomic mass is 9.87. The molecule has 3 N–H and O–H groups in total. The van der Waals surface area contributed by atoms with Crippen LogP contribution in [0, 0.1) is 5.92 Å². The number of hydrogen-bond donors (Lipinski definition) is 3. The highest BCUT2D eigenvalue weighted by molar-refractivity contribution is 9.10. The zero-order valence-electron chi connectivity index (χ0n) is 11.1. The first-order valence-electron chi connectivity index (χ1n) is 6.97. The fourth-order valence-corrected chi connectivity index (χ4v) is 3.02. The maximum absolute atomic E-state index is 10.1. The zero-order chi connectivity index (χ0) is 13.7. The summed E-state index contributed by atoms with van der Waals surface area (Å²) in [6.45, 7) is 1.51. The first-order chi connectivity index (χ1) is 9.15. The quantitative estimate of drug-likeness (QED) is 0.779. The lowest BCUT2D eigenvalue weighted by Gasteiger charge is -2.26. The van der Waals surface area contributed by atoms with Crippen molar-refractivity contribution in [3.05, 3.63) is 34.3 Å². The van der Waals surface area contributed by atoms with Crippen molar-refractivity contribution in [2.24, 2.45) is 5.92 Å². The molecular formula is C15H22BrNO2. The van der Waals surface area contributed by atoms with Crippen molar-refractivity contribution in [3.8, 4) is 0 Å². The van der Waals surface area contributed by atoms with Crippen molar-refractivity contribution in [2.75, 3.05) is 13.1 Å². The van der Waals surface area contributed by atoms with Crippen LogP contribution >= 0.6 is 15.9 Å². The minimum atomic E-state index is -0.466. The summed E-state index contributed by atoms with van der Waals surface area (Å²) >= 11 is 3.41. The Morgan fingerprint density at radius 3 is 2.68 bits per heavy atom. The van der Waals surface area contributed by atoms with Crippen molar-refractivity contribution in [2.45, 2.75) is 37.9 Å². The Labute approximate surface area is 123 Å². The lowest BCUT2D eigenvalue weighted by Crippen LogP contribution is -2.30. The maximum Gasteiger partial charge on any atom is 0.0914 e. The highest BCUT2D eigenvalue weighted by atomic mass is 79.9. The van der Waals surface area contributed by atoms with Gasteiger partial charge in [0.1, 0.15) is 0 Å². The molecular weight excluding hydrogens is 306 g/mol. The van der Waals surface area contributed by atoms with E-state index in [9.17, 15) is 10.2 Å². The molecule has 4 heteroatoms. The largest absolute Gasteiger partial charge is 0.393 e. The zero-order valence-corrected chi connectivity index (χ0v) is 12.6. The third-order valence-corrected chi connectivity index (χ3v) is 4.31. The van der Waals surface area contributed by atoms with Gasteiger partial charge in [0.2, 0.25) is 0 Å². The van der Waals surface area contributed by atoms with E-state index in [1.54, 1.807) is 0 Å². The van der Waals surface area contributed by atoms with E-state index in [4.69, 9.17) is 0 Å². The fourth-order valence-electron chi connectivity index (χ4n) is 2.60. The minimum Gasteiger partial charge on any atom is -0.393 e. The Morgan fingerprint density at radius 2 is 2.00 bits per heavy atom. The van der Waals surface area contributed by atoms with E-state index in [2.05, 4.69) is 21.2 Å². The molecule has 1 atom stereocenters. The van der Waals surface area contributed by atoms with E-state index in [1.807, 2.05) is 24.3 Å². The van der Waals surface area contributed by atoms with Gasteiger partial charge in [-0.1, -0.05) is 28.1 Å². The molecule has 0 heterocycles. The topological polar surface area (TPSA) is 52.5 Å². The Morgan fingerprint density at radius 1 is 1.26 bits per heavy atom. The van der Waals surface area contributed by atoms with Crippen LogP contribution in [0.25, 0.3) is 0 Å². The molecule has 0 bridgehead atoms. The lowest BCUT2D eigenvalue weighted by molar-refractivity contribution is 0.106. The second-order valence-corrected chi connectivity index (χ2v) is 6.32. The Balaban J connectivity index is 1.70. The first kappa shape index (κ1) is 15.0. The van der Waals surface area contributed by atoms with Crippen molar-refractivity contribution in [1.82, 2.24) is 5.32 Å². The highest BCUT2D eigenvalue weighted by Gasteiger charge is 2.19. The molecule has 3 nitrogen and oxygen atoms in total. The molecule has 1 unspecified atom stereocenters. The van der Waals surface area contributed by atoms with Gasteiger partial charge >= 0.3 is 0 Å². The monoisotopic (exact) mass is 327 g/mol. The molecule has 1 fully saturated rings. The minimum absolute atomic E-state index is 0.0940. The number of hydrogen-bond acceptors (Lipinski definition) is 3. The van der Waals surface area contributed by atoms with E-state index in [-0.39, 0.29) is 6.10 Å². The molecule has 2 rings (SSSR count). The van der Waals surface area contributed by atoms with Crippen LogP contribution in [-0.2, 0) is 0 Å². The molecule has 0 aromatic heterocycles. The summed E-state index contributed by atoms with van der Waals surface area (Å²) in [4.78, 5) is 0. The molecule has 0 amide bonds. The molecule has 1 aromatic carbocycles. The molecule has 106 valence electrons. The molecule has 0 spiro atoms. The van der Waals surface area contributed by atoms with Gasteiger partial charge in [-0.25, -0.2) is 0 Å². The van der Waals surface area contributed by atoms with E-state index in [0.717, 1.165) is 42.3 Å². The predicted octanol–water partition coefficient (Wildman–Crippen LogP) is 2.62. The third-order valence-electron chi connectivity index (χ3n) is 3.82. The number of aliphatic hydroxyl groups is 2. The summed E-state index contributed by atoms with van der Waals surface area (Å²) < 4.78 is 0.991. The summed E-state index contributed by atoms with van der Waals surface area (Å²) in [6.07, 6.45) is 3.44. The summed E-state index contributed by atoms with van der Waals surface area (Å²) in [5.41, 5.74) is 0.931. The van der Waals surface area contributed by atoms with Crippen LogP contribution in [0.2, 0.25) is 0 Å². The van der Waals surface area contributed by atoms with Crippen molar-refractivity contribution >= 4 is 15.9 Å². The van der Waals surface area contributed by atoms with Crippen molar-refractivity contribution < 1.29 is 10.2 Å². The second kappa shape index (κ2) is 7.39. The number of halogens is 1. The molecule has 1 saturated carbocycles. The van der Waals surface area contributed by atoms with Gasteiger partial charge in [0.15, 0.2) is 0 Å². The summed E-state index contributed by atoms with van der Waals surface area (Å²) in [5, 5.41) is 22.9. The van der Waals surface area contributed by atoms with Gasteiger partial charge < -0.3 is 15.5 Å². The van der Waals surface area contributed by atoms with Crippen LogP contribution in [0.5, 0.6) is 0 Å². The smallest absolute Gasteiger partial charge is 0.0914 e. The first-order valence-corrected chi connectivity index (χ1v) is 7.77. The van der Waals surface area contributed by atoms with Gasteiger partial charge in [-0.05, 0) is 55.8 Å². The van der Waals surface area contributed by atoms with Crippen LogP contribution in [0.15, 0.2) is 28.7 Å². The summed E-state index contributed by atoms with van der Waals surface area (Å²) in [7, 11) is 0. The van der Waals surface area contributed by atoms with Gasteiger partial charge in [-0.3, -0.25) is 0 Å². The number of aliphatic hydroxyl groups excluding tert-OH is 2. The van der Waals surface area contributed by atoms with Crippen LogP contribution in [-0.4, -0.2) is 29.4 Å². The average molecular weight is 328 g/mol. The van der Waals surface area contributed by atoms with Crippen molar-refractivity contribution in [3.63, 3.8) is 0 Å². The van der Waals surface area contributed by atoms with Gasteiger partial charge in [-0.2, -0.15) is 0 Å². The van der Waals surface area contributed by atoms with E-state index in [1.165, 1.54) is 0 Å². The van der Waals surface area contributed by atoms with Gasteiger partial charge in [0.25, 0.3) is 0 Å². The molecule has 1 aliphatic carbocycles. The third kappa shape index (κ3) is 4.88. The van der Waals surface area contributed by atoms with Gasteiger partial charge in [-0.15, -0.1) is 0 Å². The summed E-state index contributed by atoms with van der Waals surface area (Å²) in [6, 6.07) is 7.78. The number of rotatable bonds is 5. The second-order valence-electron chi connectivity index (χ2n) is 5.40. The molecule has 0 radical (unpaired) electrons. The summed E-state index contributed by atoms with van der Waals surface area (Å²) in [5.74, 6) is 0.637. The SMILES string of the molecule is OC1CCC(CNCC(O)c2cccc(Br)c2)CC1. The van der Waals surface area contributed by atoms with E-state index < -0.39 is 6.10 Å². The molecule has 0 saturated heterocycles. The Kier molecular flexibility index (Phi) is 5.82. The van der Waals surface area contributed by atoms with Crippen LogP contribution < -0.4 is 5.32 Å². The molecule has 0 aliphatic heterocycles. The molecule has 1 aliphatic rings. The van der Waals surface area contributed by atoms with Gasteiger partial charge in [0, 0.05) is 11.0 Å². The Hall–Kier alpha value is -0.420. The number of benzene rings is 1. The van der Waals surface area contributed by atoms with E-state index in [0.29, 0.717) is 12.5 Å². The fraction of sp³-hybridized carbons (Fsp3) is 0.600. The number of nitrogens with one attached hydrogen (secondary N) is 1. The normalized spacial score (nSPS) is 25.2. The molecule has 19 heavy (non-hydrogen) atoms. The maximum atomic E-state index is 10.1. The van der Waals surface area contributed by atoms with Crippen LogP contribution in [0.1, 0.15) is 37.4 Å². The van der Waals surface area contributed by atoms with Crippen molar-refractivity contribution in [1.29, 1.82) is 0 Å². The Bertz CT molecular complexity index is 391. The molecule has 1 aromatic rings. The van der Waals surface area contributed by atoms with Crippen LogP contribution in [0.4, 0.5) is 0 Å². The highest BCUT2D eigenvalue weighted by Crippen LogP contribution is 2.23. The van der Waals surface area contributed by atoms with E-state index >= 15 is 0 Å². The average Bonchev–Trinajstić information content (AvgIpc) is 2.41.